The Labute approximate surface area is 79.5 Å². The van der Waals surface area contributed by atoms with E-state index in [0.29, 0.717) is 5.92 Å². The number of aliphatic carboxylic acids is 1. The first-order valence-corrected chi connectivity index (χ1v) is 5.05. The van der Waals surface area contributed by atoms with Crippen molar-refractivity contribution in [1.82, 2.24) is 5.32 Å². The summed E-state index contributed by atoms with van der Waals surface area (Å²) in [6.07, 6.45) is 3.65. The van der Waals surface area contributed by atoms with E-state index >= 15 is 0 Å². The minimum Gasteiger partial charge on any atom is -0.480 e. The van der Waals surface area contributed by atoms with E-state index in [4.69, 9.17) is 5.11 Å². The molecule has 0 spiro atoms. The normalized spacial score (nSPS) is 20.8. The van der Waals surface area contributed by atoms with Crippen molar-refractivity contribution >= 4 is 5.97 Å². The molecule has 13 heavy (non-hydrogen) atoms. The van der Waals surface area contributed by atoms with Gasteiger partial charge < -0.3 is 10.4 Å². The highest BCUT2D eigenvalue weighted by Crippen LogP contribution is 2.29. The smallest absolute Gasteiger partial charge is 0.323 e. The Morgan fingerprint density at radius 3 is 2.38 bits per heavy atom. The van der Waals surface area contributed by atoms with Gasteiger partial charge in [0.15, 0.2) is 0 Å². The van der Waals surface area contributed by atoms with Crippen LogP contribution in [-0.2, 0) is 4.79 Å². The molecule has 3 nitrogen and oxygen atoms in total. The summed E-state index contributed by atoms with van der Waals surface area (Å²) in [5, 5.41) is 12.3. The monoisotopic (exact) mass is 185 g/mol. The fourth-order valence-electron chi connectivity index (χ4n) is 1.84. The zero-order valence-electron chi connectivity index (χ0n) is 8.47. The second-order valence-corrected chi connectivity index (χ2v) is 4.37. The van der Waals surface area contributed by atoms with Crippen LogP contribution < -0.4 is 5.32 Å². The molecule has 0 bridgehead atoms. The van der Waals surface area contributed by atoms with Gasteiger partial charge in [-0.1, -0.05) is 26.7 Å². The first-order valence-electron chi connectivity index (χ1n) is 5.05. The average Bonchev–Trinajstić information content (AvgIpc) is 2.50. The number of carbonyl (C=O) groups is 1. The van der Waals surface area contributed by atoms with Gasteiger partial charge in [-0.3, -0.25) is 4.79 Å². The minimum atomic E-state index is -0.675. The molecule has 1 rings (SSSR count). The van der Waals surface area contributed by atoms with Gasteiger partial charge in [0.1, 0.15) is 5.54 Å². The van der Waals surface area contributed by atoms with E-state index in [9.17, 15) is 4.79 Å². The van der Waals surface area contributed by atoms with Gasteiger partial charge in [0.05, 0.1) is 0 Å². The number of hydrogen-bond donors (Lipinski definition) is 2. The van der Waals surface area contributed by atoms with Gasteiger partial charge in [-0.15, -0.1) is 0 Å². The van der Waals surface area contributed by atoms with Crippen LogP contribution in [0.5, 0.6) is 0 Å². The van der Waals surface area contributed by atoms with Crippen LogP contribution in [0, 0.1) is 5.92 Å². The number of rotatable bonds is 4. The predicted molar refractivity (Wildman–Crippen MR) is 51.7 cm³/mol. The molecule has 0 unspecified atom stereocenters. The van der Waals surface area contributed by atoms with Crippen LogP contribution in [0.15, 0.2) is 0 Å². The van der Waals surface area contributed by atoms with Gasteiger partial charge in [-0.05, 0) is 25.3 Å². The number of carboxylic acid groups (broad SMARTS) is 1. The third-order valence-electron chi connectivity index (χ3n) is 2.72. The van der Waals surface area contributed by atoms with Crippen LogP contribution in [0.3, 0.4) is 0 Å². The topological polar surface area (TPSA) is 49.3 Å². The molecule has 0 aromatic rings. The van der Waals surface area contributed by atoms with E-state index in [1.807, 2.05) is 0 Å². The van der Waals surface area contributed by atoms with Crippen LogP contribution in [0.1, 0.15) is 39.5 Å². The fraction of sp³-hybridized carbons (Fsp3) is 0.900. The van der Waals surface area contributed by atoms with Crippen molar-refractivity contribution in [2.75, 3.05) is 6.54 Å². The molecular weight excluding hydrogens is 166 g/mol. The maximum atomic E-state index is 11.1. The number of carboxylic acids is 1. The van der Waals surface area contributed by atoms with Gasteiger partial charge in [-0.25, -0.2) is 0 Å². The Bertz CT molecular complexity index is 183. The molecule has 2 N–H and O–H groups in total. The van der Waals surface area contributed by atoms with Gasteiger partial charge in [0.25, 0.3) is 0 Å². The Morgan fingerprint density at radius 1 is 1.46 bits per heavy atom. The Morgan fingerprint density at radius 2 is 2.00 bits per heavy atom. The molecule has 0 aliphatic heterocycles. The van der Waals surface area contributed by atoms with Crippen LogP contribution in [0.4, 0.5) is 0 Å². The molecule has 0 atom stereocenters. The van der Waals surface area contributed by atoms with E-state index in [2.05, 4.69) is 19.2 Å². The highest BCUT2D eigenvalue weighted by molar-refractivity contribution is 5.79. The van der Waals surface area contributed by atoms with Gasteiger partial charge >= 0.3 is 5.97 Å². The third-order valence-corrected chi connectivity index (χ3v) is 2.72. The summed E-state index contributed by atoms with van der Waals surface area (Å²) in [7, 11) is 0. The molecule has 1 aliphatic rings. The molecule has 0 heterocycles. The maximum Gasteiger partial charge on any atom is 0.323 e. The van der Waals surface area contributed by atoms with Crippen molar-refractivity contribution in [3.63, 3.8) is 0 Å². The molecular formula is C10H19NO2. The molecule has 0 amide bonds. The second-order valence-electron chi connectivity index (χ2n) is 4.37. The van der Waals surface area contributed by atoms with Crippen LogP contribution in [0.2, 0.25) is 0 Å². The van der Waals surface area contributed by atoms with Gasteiger partial charge in [0.2, 0.25) is 0 Å². The zero-order chi connectivity index (χ0) is 9.90. The lowest BCUT2D eigenvalue weighted by atomic mass is 9.97. The minimum absolute atomic E-state index is 0.511. The molecule has 0 radical (unpaired) electrons. The largest absolute Gasteiger partial charge is 0.480 e. The van der Waals surface area contributed by atoms with Crippen molar-refractivity contribution < 1.29 is 9.90 Å². The Balaban J connectivity index is 2.52. The average molecular weight is 185 g/mol. The molecule has 76 valence electrons. The molecule has 1 fully saturated rings. The SMILES string of the molecule is CC(C)CNC1(C(=O)O)CCCC1. The number of nitrogens with one attached hydrogen (secondary N) is 1. The van der Waals surface area contributed by atoms with E-state index in [-0.39, 0.29) is 0 Å². The van der Waals surface area contributed by atoms with E-state index in [1.165, 1.54) is 0 Å². The van der Waals surface area contributed by atoms with E-state index in [1.54, 1.807) is 0 Å². The zero-order valence-corrected chi connectivity index (χ0v) is 8.47. The number of hydrogen-bond acceptors (Lipinski definition) is 2. The summed E-state index contributed by atoms with van der Waals surface area (Å²) in [6.45, 7) is 4.99. The lowest BCUT2D eigenvalue weighted by Crippen LogP contribution is -2.50. The Hall–Kier alpha value is -0.570. The maximum absolute atomic E-state index is 11.1. The van der Waals surface area contributed by atoms with Crippen LogP contribution in [-0.4, -0.2) is 23.2 Å². The Kier molecular flexibility index (Phi) is 3.31. The molecule has 3 heteroatoms. The first-order chi connectivity index (χ1) is 6.07. The van der Waals surface area contributed by atoms with Crippen molar-refractivity contribution in [2.24, 2.45) is 5.92 Å². The first kappa shape index (κ1) is 10.5. The summed E-state index contributed by atoms with van der Waals surface area (Å²) in [5.74, 6) is -0.164. The van der Waals surface area contributed by atoms with E-state index < -0.39 is 11.5 Å². The van der Waals surface area contributed by atoms with Crippen molar-refractivity contribution in [3.05, 3.63) is 0 Å². The second kappa shape index (κ2) is 4.09. The summed E-state index contributed by atoms with van der Waals surface area (Å²) in [6, 6.07) is 0. The third kappa shape index (κ3) is 2.44. The van der Waals surface area contributed by atoms with E-state index in [0.717, 1.165) is 32.2 Å². The van der Waals surface area contributed by atoms with Crippen molar-refractivity contribution in [3.8, 4) is 0 Å². The van der Waals surface area contributed by atoms with Crippen LogP contribution in [0.25, 0.3) is 0 Å². The highest BCUT2D eigenvalue weighted by Gasteiger charge is 2.40. The molecule has 0 saturated heterocycles. The summed E-state index contributed by atoms with van der Waals surface area (Å²) < 4.78 is 0. The lowest BCUT2D eigenvalue weighted by Gasteiger charge is -2.26. The predicted octanol–water partition coefficient (Wildman–Crippen LogP) is 1.63. The highest BCUT2D eigenvalue weighted by atomic mass is 16.4. The lowest BCUT2D eigenvalue weighted by molar-refractivity contribution is -0.144. The summed E-state index contributed by atoms with van der Waals surface area (Å²) in [5.41, 5.74) is -0.607. The molecule has 0 aromatic carbocycles. The molecule has 1 saturated carbocycles. The van der Waals surface area contributed by atoms with Crippen molar-refractivity contribution in [2.45, 2.75) is 45.1 Å². The molecule has 0 aromatic heterocycles. The summed E-state index contributed by atoms with van der Waals surface area (Å²) in [4.78, 5) is 11.1. The quantitative estimate of drug-likeness (QED) is 0.700. The van der Waals surface area contributed by atoms with Crippen LogP contribution >= 0.6 is 0 Å². The van der Waals surface area contributed by atoms with Gasteiger partial charge in [-0.2, -0.15) is 0 Å². The van der Waals surface area contributed by atoms with Gasteiger partial charge in [0, 0.05) is 0 Å². The molecule has 1 aliphatic carbocycles. The standard InChI is InChI=1S/C10H19NO2/c1-8(2)7-11-10(9(12)13)5-3-4-6-10/h8,11H,3-7H2,1-2H3,(H,12,13). The fourth-order valence-corrected chi connectivity index (χ4v) is 1.84. The summed E-state index contributed by atoms with van der Waals surface area (Å²) >= 11 is 0. The van der Waals surface area contributed by atoms with Crippen molar-refractivity contribution in [1.29, 1.82) is 0 Å².